The fraction of sp³-hybridized carbons (Fsp3) is 0.364. The minimum Gasteiger partial charge on any atom is -0.397 e. The molecular formula is C11H14Cl2N2OS. The first-order valence-corrected chi connectivity index (χ1v) is 7.23. The Morgan fingerprint density at radius 1 is 1.47 bits per heavy atom. The number of nitrogens with two attached hydrogens (primary N) is 1. The third-order valence-corrected chi connectivity index (χ3v) is 3.64. The first kappa shape index (κ1) is 14.5. The molecule has 1 amide bonds. The van der Waals surface area contributed by atoms with E-state index in [1.54, 1.807) is 11.8 Å². The van der Waals surface area contributed by atoms with Crippen molar-refractivity contribution in [2.24, 2.45) is 0 Å². The van der Waals surface area contributed by atoms with Crippen molar-refractivity contribution >= 4 is 46.6 Å². The van der Waals surface area contributed by atoms with Gasteiger partial charge in [0, 0.05) is 12.1 Å². The summed E-state index contributed by atoms with van der Waals surface area (Å²) in [5, 5.41) is 3.37. The molecule has 1 aromatic rings. The van der Waals surface area contributed by atoms with E-state index in [9.17, 15) is 4.79 Å². The average Bonchev–Trinajstić information content (AvgIpc) is 2.30. The molecule has 0 atom stereocenters. The number of thioether (sulfide) groups is 1. The number of hydrogen-bond acceptors (Lipinski definition) is 3. The van der Waals surface area contributed by atoms with Crippen LogP contribution >= 0.6 is 35.0 Å². The molecule has 0 aromatic heterocycles. The maximum Gasteiger partial charge on any atom is 0.251 e. The Kier molecular flexibility index (Phi) is 5.95. The Hall–Kier alpha value is -0.580. The quantitative estimate of drug-likeness (QED) is 0.648. The van der Waals surface area contributed by atoms with Crippen LogP contribution < -0.4 is 11.1 Å². The first-order chi connectivity index (χ1) is 8.06. The molecular weight excluding hydrogens is 279 g/mol. The number of carbonyl (C=O) groups excluding carboxylic acids is 1. The van der Waals surface area contributed by atoms with Gasteiger partial charge in [-0.2, -0.15) is 11.8 Å². The number of carbonyl (C=O) groups is 1. The van der Waals surface area contributed by atoms with E-state index in [0.717, 1.165) is 12.2 Å². The second-order valence-electron chi connectivity index (χ2n) is 3.46. The van der Waals surface area contributed by atoms with Gasteiger partial charge in [-0.25, -0.2) is 0 Å². The van der Waals surface area contributed by atoms with Crippen molar-refractivity contribution in [3.8, 4) is 0 Å². The van der Waals surface area contributed by atoms with Crippen molar-refractivity contribution in [1.29, 1.82) is 0 Å². The van der Waals surface area contributed by atoms with Crippen LogP contribution in [0.4, 0.5) is 5.69 Å². The van der Waals surface area contributed by atoms with Crippen LogP contribution in [0, 0.1) is 0 Å². The Morgan fingerprint density at radius 2 is 2.18 bits per heavy atom. The molecule has 0 bridgehead atoms. The van der Waals surface area contributed by atoms with Crippen LogP contribution in [-0.4, -0.2) is 24.5 Å². The summed E-state index contributed by atoms with van der Waals surface area (Å²) in [7, 11) is 0. The minimum atomic E-state index is -0.184. The predicted molar refractivity (Wildman–Crippen MR) is 76.2 cm³/mol. The SMILES string of the molecule is CSCCCNC(=O)c1cc(N)c(Cl)c(Cl)c1. The second-order valence-corrected chi connectivity index (χ2v) is 5.23. The average molecular weight is 293 g/mol. The molecule has 0 saturated heterocycles. The number of benzene rings is 1. The van der Waals surface area contributed by atoms with Crippen LogP contribution in [0.25, 0.3) is 0 Å². The van der Waals surface area contributed by atoms with E-state index in [4.69, 9.17) is 28.9 Å². The van der Waals surface area contributed by atoms with Gasteiger partial charge in [0.15, 0.2) is 0 Å². The summed E-state index contributed by atoms with van der Waals surface area (Å²) >= 11 is 13.4. The van der Waals surface area contributed by atoms with Gasteiger partial charge in [0.1, 0.15) is 0 Å². The number of nitrogens with one attached hydrogen (secondary N) is 1. The molecule has 1 aromatic carbocycles. The van der Waals surface area contributed by atoms with Gasteiger partial charge >= 0.3 is 0 Å². The van der Waals surface area contributed by atoms with Crippen LogP contribution in [0.1, 0.15) is 16.8 Å². The Morgan fingerprint density at radius 3 is 2.76 bits per heavy atom. The molecule has 0 unspecified atom stereocenters. The number of amides is 1. The van der Waals surface area contributed by atoms with E-state index in [-0.39, 0.29) is 10.9 Å². The maximum atomic E-state index is 11.7. The lowest BCUT2D eigenvalue weighted by Gasteiger charge is -2.07. The van der Waals surface area contributed by atoms with E-state index in [1.807, 2.05) is 6.26 Å². The monoisotopic (exact) mass is 292 g/mol. The van der Waals surface area contributed by atoms with E-state index in [1.165, 1.54) is 12.1 Å². The van der Waals surface area contributed by atoms with Gasteiger partial charge in [0.25, 0.3) is 5.91 Å². The lowest BCUT2D eigenvalue weighted by atomic mass is 10.2. The highest BCUT2D eigenvalue weighted by Gasteiger charge is 2.10. The van der Waals surface area contributed by atoms with Crippen molar-refractivity contribution in [2.45, 2.75) is 6.42 Å². The Balaban J connectivity index is 2.63. The van der Waals surface area contributed by atoms with Gasteiger partial charge in [-0.15, -0.1) is 0 Å². The van der Waals surface area contributed by atoms with Gasteiger partial charge in [-0.05, 0) is 30.6 Å². The molecule has 1 rings (SSSR count). The summed E-state index contributed by atoms with van der Waals surface area (Å²) in [6.07, 6.45) is 2.96. The summed E-state index contributed by atoms with van der Waals surface area (Å²) in [5.41, 5.74) is 6.38. The van der Waals surface area contributed by atoms with Crippen molar-refractivity contribution < 1.29 is 4.79 Å². The first-order valence-electron chi connectivity index (χ1n) is 5.08. The van der Waals surface area contributed by atoms with Crippen LogP contribution in [-0.2, 0) is 0 Å². The van der Waals surface area contributed by atoms with Crippen LogP contribution in [0.2, 0.25) is 10.0 Å². The molecule has 0 spiro atoms. The number of anilines is 1. The van der Waals surface area contributed by atoms with E-state index in [2.05, 4.69) is 5.32 Å². The zero-order valence-corrected chi connectivity index (χ0v) is 11.8. The number of nitrogen functional groups attached to an aromatic ring is 1. The molecule has 0 saturated carbocycles. The highest BCUT2D eigenvalue weighted by molar-refractivity contribution is 7.98. The molecule has 0 heterocycles. The largest absolute Gasteiger partial charge is 0.397 e. The van der Waals surface area contributed by atoms with Gasteiger partial charge in [-0.1, -0.05) is 23.2 Å². The fourth-order valence-corrected chi connectivity index (χ4v) is 2.03. The minimum absolute atomic E-state index is 0.184. The van der Waals surface area contributed by atoms with Crippen LogP contribution in [0.15, 0.2) is 12.1 Å². The Bertz CT molecular complexity index is 389. The van der Waals surface area contributed by atoms with Gasteiger partial charge in [0.2, 0.25) is 0 Å². The molecule has 0 fully saturated rings. The van der Waals surface area contributed by atoms with Crippen molar-refractivity contribution in [2.75, 3.05) is 24.3 Å². The highest BCUT2D eigenvalue weighted by atomic mass is 35.5. The van der Waals surface area contributed by atoms with E-state index in [0.29, 0.717) is 22.8 Å². The van der Waals surface area contributed by atoms with Gasteiger partial charge in [-0.3, -0.25) is 4.79 Å². The lowest BCUT2D eigenvalue weighted by molar-refractivity contribution is 0.0954. The van der Waals surface area contributed by atoms with E-state index >= 15 is 0 Å². The zero-order chi connectivity index (χ0) is 12.8. The predicted octanol–water partition coefficient (Wildman–Crippen LogP) is 3.06. The molecule has 0 aliphatic carbocycles. The van der Waals surface area contributed by atoms with Gasteiger partial charge in [0.05, 0.1) is 15.7 Å². The highest BCUT2D eigenvalue weighted by Crippen LogP contribution is 2.29. The molecule has 3 nitrogen and oxygen atoms in total. The van der Waals surface area contributed by atoms with Crippen molar-refractivity contribution in [1.82, 2.24) is 5.32 Å². The van der Waals surface area contributed by atoms with Gasteiger partial charge < -0.3 is 11.1 Å². The topological polar surface area (TPSA) is 55.1 Å². The van der Waals surface area contributed by atoms with Crippen LogP contribution in [0.3, 0.4) is 0 Å². The molecule has 6 heteroatoms. The molecule has 0 radical (unpaired) electrons. The molecule has 0 aliphatic heterocycles. The Labute approximate surface area is 115 Å². The summed E-state index contributed by atoms with van der Waals surface area (Å²) in [4.78, 5) is 11.7. The third kappa shape index (κ3) is 4.30. The molecule has 94 valence electrons. The van der Waals surface area contributed by atoms with Crippen molar-refractivity contribution in [3.63, 3.8) is 0 Å². The van der Waals surface area contributed by atoms with Crippen LogP contribution in [0.5, 0.6) is 0 Å². The number of halogens is 2. The number of rotatable bonds is 5. The summed E-state index contributed by atoms with van der Waals surface area (Å²) < 4.78 is 0. The third-order valence-electron chi connectivity index (χ3n) is 2.13. The zero-order valence-electron chi connectivity index (χ0n) is 9.43. The fourth-order valence-electron chi connectivity index (χ4n) is 1.26. The summed E-state index contributed by atoms with van der Waals surface area (Å²) in [6.45, 7) is 0.639. The second kappa shape index (κ2) is 6.99. The summed E-state index contributed by atoms with van der Waals surface area (Å²) in [6, 6.07) is 3.04. The number of hydrogen-bond donors (Lipinski definition) is 2. The molecule has 17 heavy (non-hydrogen) atoms. The van der Waals surface area contributed by atoms with E-state index < -0.39 is 0 Å². The standard InChI is InChI=1S/C11H14Cl2N2OS/c1-17-4-2-3-15-11(16)7-5-8(12)10(13)9(14)6-7/h5-6H,2-4,14H2,1H3,(H,15,16). The smallest absolute Gasteiger partial charge is 0.251 e. The maximum absolute atomic E-state index is 11.7. The normalized spacial score (nSPS) is 10.3. The lowest BCUT2D eigenvalue weighted by Crippen LogP contribution is -2.24. The molecule has 0 aliphatic rings. The van der Waals surface area contributed by atoms with Crippen molar-refractivity contribution in [3.05, 3.63) is 27.7 Å². The summed E-state index contributed by atoms with van der Waals surface area (Å²) in [5.74, 6) is 0.834. The molecule has 3 N–H and O–H groups in total.